The van der Waals surface area contributed by atoms with E-state index in [1.165, 1.54) is 0 Å². The van der Waals surface area contributed by atoms with Crippen LogP contribution in [-0.2, 0) is 0 Å². The average Bonchev–Trinajstić information content (AvgIpc) is 2.40. The first-order valence-corrected chi connectivity index (χ1v) is 6.07. The van der Waals surface area contributed by atoms with Gasteiger partial charge in [-0.2, -0.15) is 0 Å². The summed E-state index contributed by atoms with van der Waals surface area (Å²) in [7, 11) is 0. The van der Waals surface area contributed by atoms with Crippen molar-refractivity contribution in [2.24, 2.45) is 0 Å². The maximum atomic E-state index is 6.05. The van der Waals surface area contributed by atoms with Gasteiger partial charge in [-0.15, -0.1) is 0 Å². The molecule has 3 nitrogen and oxygen atoms in total. The first-order chi connectivity index (χ1) is 8.43. The molecule has 0 unspecified atom stereocenters. The van der Waals surface area contributed by atoms with Gasteiger partial charge in [-0.25, -0.2) is 5.32 Å². The van der Waals surface area contributed by atoms with Crippen LogP contribution in [0.2, 0.25) is 0 Å². The Morgan fingerprint density at radius 3 is 2.76 bits per heavy atom. The van der Waals surface area contributed by atoms with Crippen LogP contribution in [0.5, 0.6) is 5.75 Å². The van der Waals surface area contributed by atoms with Crippen LogP contribution < -0.4 is 10.1 Å². The van der Waals surface area contributed by atoms with Crippen LogP contribution in [0, 0.1) is 0 Å². The molecule has 1 fully saturated rings. The van der Waals surface area contributed by atoms with Gasteiger partial charge in [-0.1, -0.05) is 18.2 Å². The van der Waals surface area contributed by atoms with Crippen molar-refractivity contribution in [2.45, 2.75) is 18.9 Å². The summed E-state index contributed by atoms with van der Waals surface area (Å²) in [5.74, 6) is 0.898. The molecule has 2 aromatic rings. The summed E-state index contributed by atoms with van der Waals surface area (Å²) < 4.78 is 6.05. The Bertz CT molecular complexity index is 501. The molecule has 1 aliphatic rings. The highest BCUT2D eigenvalue weighted by molar-refractivity contribution is 5.84. The van der Waals surface area contributed by atoms with Crippen molar-refractivity contribution < 1.29 is 4.74 Å². The lowest BCUT2D eigenvalue weighted by Crippen LogP contribution is -2.30. The number of ether oxygens (including phenoxy) is 1. The van der Waals surface area contributed by atoms with Gasteiger partial charge in [-0.3, -0.25) is 4.98 Å². The monoisotopic (exact) mass is 227 g/mol. The third kappa shape index (κ3) is 2.24. The lowest BCUT2D eigenvalue weighted by molar-refractivity contribution is 0.163. The number of piperidine rings is 1. The molecule has 1 aromatic carbocycles. The minimum atomic E-state index is 0.292. The zero-order chi connectivity index (χ0) is 11.5. The zero-order valence-corrected chi connectivity index (χ0v) is 9.67. The van der Waals surface area contributed by atoms with Gasteiger partial charge in [0.1, 0.15) is 17.4 Å². The Labute approximate surface area is 101 Å². The lowest BCUT2D eigenvalue weighted by atomic mass is 10.1. The van der Waals surface area contributed by atoms with E-state index in [4.69, 9.17) is 4.74 Å². The highest BCUT2D eigenvalue weighted by atomic mass is 16.5. The van der Waals surface area contributed by atoms with E-state index in [9.17, 15) is 0 Å². The number of benzene rings is 1. The third-order valence-corrected chi connectivity index (χ3v) is 3.11. The van der Waals surface area contributed by atoms with E-state index in [0.29, 0.717) is 6.10 Å². The molecule has 0 atom stereocenters. The molecule has 3 heteroatoms. The van der Waals surface area contributed by atoms with E-state index < -0.39 is 0 Å². The first-order valence-electron chi connectivity index (χ1n) is 6.07. The Balaban J connectivity index is 1.89. The standard InChI is InChI=1S/C14H15N2O/c1-3-11-4-2-8-16-14(11)13(5-1)17-12-6-9-15-10-7-12/h1-5,8,12H,6-7,9-10H2. The van der Waals surface area contributed by atoms with Crippen molar-refractivity contribution in [3.05, 3.63) is 36.5 Å². The molecule has 3 rings (SSSR count). The summed E-state index contributed by atoms with van der Waals surface area (Å²) in [5, 5.41) is 5.47. The molecular formula is C14H15N2O. The number of hydrogen-bond acceptors (Lipinski definition) is 2. The maximum Gasteiger partial charge on any atom is 0.145 e. The van der Waals surface area contributed by atoms with Gasteiger partial charge in [0.2, 0.25) is 0 Å². The third-order valence-electron chi connectivity index (χ3n) is 3.11. The van der Waals surface area contributed by atoms with Gasteiger partial charge in [-0.05, 0) is 25.0 Å². The van der Waals surface area contributed by atoms with Gasteiger partial charge in [0.15, 0.2) is 0 Å². The van der Waals surface area contributed by atoms with Crippen LogP contribution in [-0.4, -0.2) is 24.2 Å². The van der Waals surface area contributed by atoms with E-state index in [1.54, 1.807) is 0 Å². The fraction of sp³-hybridized carbons (Fsp3) is 0.357. The second kappa shape index (κ2) is 4.72. The molecule has 0 aliphatic carbocycles. The van der Waals surface area contributed by atoms with Crippen molar-refractivity contribution in [3.63, 3.8) is 0 Å². The number of pyridine rings is 1. The van der Waals surface area contributed by atoms with Crippen LogP contribution in [0.25, 0.3) is 10.9 Å². The zero-order valence-electron chi connectivity index (χ0n) is 9.67. The summed E-state index contributed by atoms with van der Waals surface area (Å²) in [5.41, 5.74) is 0.956. The molecule has 1 aliphatic heterocycles. The fourth-order valence-electron chi connectivity index (χ4n) is 2.20. The predicted molar refractivity (Wildman–Crippen MR) is 67.3 cm³/mol. The van der Waals surface area contributed by atoms with E-state index in [-0.39, 0.29) is 0 Å². The lowest BCUT2D eigenvalue weighted by Gasteiger charge is -2.23. The normalized spacial score (nSPS) is 17.2. The molecule has 17 heavy (non-hydrogen) atoms. The van der Waals surface area contributed by atoms with Crippen molar-refractivity contribution in [1.82, 2.24) is 10.3 Å². The minimum Gasteiger partial charge on any atom is -0.488 e. The molecule has 87 valence electrons. The molecule has 0 amide bonds. The van der Waals surface area contributed by atoms with Crippen molar-refractivity contribution in [3.8, 4) is 5.75 Å². The summed E-state index contributed by atoms with van der Waals surface area (Å²) in [6.07, 6.45) is 4.14. The topological polar surface area (TPSA) is 36.2 Å². The smallest absolute Gasteiger partial charge is 0.145 e. The Hall–Kier alpha value is -1.61. The largest absolute Gasteiger partial charge is 0.488 e. The van der Waals surface area contributed by atoms with Crippen molar-refractivity contribution >= 4 is 10.9 Å². The Morgan fingerprint density at radius 1 is 1.06 bits per heavy atom. The Kier molecular flexibility index (Phi) is 2.92. The average molecular weight is 227 g/mol. The number of rotatable bonds is 2. The molecule has 0 bridgehead atoms. The molecule has 2 heterocycles. The molecule has 1 radical (unpaired) electrons. The predicted octanol–water partition coefficient (Wildman–Crippen LogP) is 2.38. The second-order valence-corrected chi connectivity index (χ2v) is 4.32. The highest BCUT2D eigenvalue weighted by Gasteiger charge is 2.16. The number of nitrogens with zero attached hydrogens (tertiary/aromatic N) is 2. The summed E-state index contributed by atoms with van der Waals surface area (Å²) >= 11 is 0. The second-order valence-electron chi connectivity index (χ2n) is 4.32. The maximum absolute atomic E-state index is 6.05. The highest BCUT2D eigenvalue weighted by Crippen LogP contribution is 2.25. The van der Waals surface area contributed by atoms with E-state index in [2.05, 4.69) is 22.4 Å². The van der Waals surface area contributed by atoms with Crippen molar-refractivity contribution in [2.75, 3.05) is 13.1 Å². The molecule has 0 saturated carbocycles. The fourth-order valence-corrected chi connectivity index (χ4v) is 2.20. The summed E-state index contributed by atoms with van der Waals surface area (Å²) in [6, 6.07) is 10.1. The first kappa shape index (κ1) is 10.5. The molecule has 0 N–H and O–H groups in total. The minimum absolute atomic E-state index is 0.292. The Morgan fingerprint density at radius 2 is 1.88 bits per heavy atom. The van der Waals surface area contributed by atoms with Gasteiger partial charge in [0.25, 0.3) is 0 Å². The van der Waals surface area contributed by atoms with Crippen LogP contribution >= 0.6 is 0 Å². The number of hydrogen-bond donors (Lipinski definition) is 0. The van der Waals surface area contributed by atoms with Crippen molar-refractivity contribution in [1.29, 1.82) is 0 Å². The van der Waals surface area contributed by atoms with Crippen LogP contribution in [0.1, 0.15) is 12.8 Å². The van der Waals surface area contributed by atoms with Crippen LogP contribution in [0.4, 0.5) is 0 Å². The molecule has 0 spiro atoms. The van der Waals surface area contributed by atoms with Crippen LogP contribution in [0.15, 0.2) is 36.5 Å². The molecule has 1 aromatic heterocycles. The van der Waals surface area contributed by atoms with Gasteiger partial charge >= 0.3 is 0 Å². The quantitative estimate of drug-likeness (QED) is 0.789. The number of aromatic nitrogens is 1. The molecular weight excluding hydrogens is 212 g/mol. The van der Waals surface area contributed by atoms with Gasteiger partial charge in [0.05, 0.1) is 0 Å². The van der Waals surface area contributed by atoms with Crippen LogP contribution in [0.3, 0.4) is 0 Å². The molecule has 1 saturated heterocycles. The van der Waals surface area contributed by atoms with Gasteiger partial charge < -0.3 is 4.74 Å². The number of para-hydroxylation sites is 1. The number of fused-ring (bicyclic) bond motifs is 1. The van der Waals surface area contributed by atoms with E-state index in [1.807, 2.05) is 24.4 Å². The van der Waals surface area contributed by atoms with E-state index >= 15 is 0 Å². The SMILES string of the molecule is c1cnc2c(OC3CC[N]CC3)cccc2c1. The summed E-state index contributed by atoms with van der Waals surface area (Å²) in [4.78, 5) is 4.40. The van der Waals surface area contributed by atoms with E-state index in [0.717, 1.165) is 42.6 Å². The van der Waals surface area contributed by atoms with Gasteiger partial charge in [0, 0.05) is 24.7 Å². The summed E-state index contributed by atoms with van der Waals surface area (Å²) in [6.45, 7) is 1.84.